The molecule has 2 fully saturated rings. The van der Waals surface area contributed by atoms with Crippen molar-refractivity contribution in [3.8, 4) is 0 Å². The van der Waals surface area contributed by atoms with Crippen molar-refractivity contribution >= 4 is 5.91 Å². The van der Waals surface area contributed by atoms with Crippen molar-refractivity contribution in [2.75, 3.05) is 0 Å². The molecule has 3 atom stereocenters. The largest absolute Gasteiger partial charge is 0.373 e. The Labute approximate surface area is 96.9 Å². The summed E-state index contributed by atoms with van der Waals surface area (Å²) in [6.07, 6.45) is 5.13. The predicted octanol–water partition coefficient (Wildman–Crippen LogP) is 0.940. The molecule has 2 bridgehead atoms. The minimum atomic E-state index is -0.707. The van der Waals surface area contributed by atoms with E-state index in [-0.39, 0.29) is 18.1 Å². The summed E-state index contributed by atoms with van der Waals surface area (Å²) >= 11 is 0. The van der Waals surface area contributed by atoms with Crippen LogP contribution in [0, 0.1) is 0 Å². The van der Waals surface area contributed by atoms with Crippen molar-refractivity contribution in [1.29, 1.82) is 0 Å². The third kappa shape index (κ3) is 1.96. The maximum absolute atomic E-state index is 12.1. The molecule has 2 heterocycles. The molecule has 3 N–H and O–H groups in total. The Bertz CT molecular complexity index is 276. The number of rotatable bonds is 4. The Balaban J connectivity index is 1.92. The fourth-order valence-corrected chi connectivity index (χ4v) is 2.67. The van der Waals surface area contributed by atoms with E-state index in [1.807, 2.05) is 13.8 Å². The first-order chi connectivity index (χ1) is 7.59. The monoisotopic (exact) mass is 226 g/mol. The molecule has 0 saturated carbocycles. The highest BCUT2D eigenvalue weighted by Gasteiger charge is 2.43. The molecule has 16 heavy (non-hydrogen) atoms. The topological polar surface area (TPSA) is 64.4 Å². The van der Waals surface area contributed by atoms with Crippen molar-refractivity contribution in [1.82, 2.24) is 5.32 Å². The molecule has 0 radical (unpaired) electrons. The molecular weight excluding hydrogens is 204 g/mol. The highest BCUT2D eigenvalue weighted by molar-refractivity contribution is 5.86. The lowest BCUT2D eigenvalue weighted by atomic mass is 9.90. The second-order valence-electron chi connectivity index (χ2n) is 5.05. The van der Waals surface area contributed by atoms with Crippen LogP contribution in [0.25, 0.3) is 0 Å². The summed E-state index contributed by atoms with van der Waals surface area (Å²) in [5.41, 5.74) is 5.36. The fourth-order valence-electron chi connectivity index (χ4n) is 2.67. The van der Waals surface area contributed by atoms with Gasteiger partial charge in [-0.2, -0.15) is 0 Å². The zero-order valence-corrected chi connectivity index (χ0v) is 10.2. The van der Waals surface area contributed by atoms with E-state index in [1.165, 1.54) is 0 Å². The molecule has 0 aromatic heterocycles. The standard InChI is InChI=1S/C12H22N2O2/c1-3-12(13,4-2)11(15)14-9-7-8-5-6-10(9)16-8/h8-10H,3-7,13H2,1-2H3,(H,14,15). The van der Waals surface area contributed by atoms with Gasteiger partial charge in [-0.15, -0.1) is 0 Å². The highest BCUT2D eigenvalue weighted by Crippen LogP contribution is 2.34. The maximum atomic E-state index is 12.1. The van der Waals surface area contributed by atoms with Gasteiger partial charge in [-0.1, -0.05) is 13.8 Å². The van der Waals surface area contributed by atoms with Crippen LogP contribution in [0.4, 0.5) is 0 Å². The third-order valence-corrected chi connectivity index (χ3v) is 4.14. The molecule has 0 spiro atoms. The smallest absolute Gasteiger partial charge is 0.240 e. The van der Waals surface area contributed by atoms with Crippen LogP contribution in [0.1, 0.15) is 46.0 Å². The average molecular weight is 226 g/mol. The lowest BCUT2D eigenvalue weighted by molar-refractivity contribution is -0.127. The summed E-state index contributed by atoms with van der Waals surface area (Å²) < 4.78 is 5.71. The van der Waals surface area contributed by atoms with E-state index >= 15 is 0 Å². The summed E-state index contributed by atoms with van der Waals surface area (Å²) in [5.74, 6) is -0.0151. The summed E-state index contributed by atoms with van der Waals surface area (Å²) in [6.45, 7) is 3.92. The predicted molar refractivity (Wildman–Crippen MR) is 61.9 cm³/mol. The molecule has 0 aromatic carbocycles. The zero-order valence-electron chi connectivity index (χ0n) is 10.2. The van der Waals surface area contributed by atoms with E-state index in [1.54, 1.807) is 0 Å². The molecule has 1 amide bonds. The van der Waals surface area contributed by atoms with Gasteiger partial charge in [0.2, 0.25) is 5.91 Å². The molecule has 2 saturated heterocycles. The van der Waals surface area contributed by atoms with E-state index in [0.717, 1.165) is 19.3 Å². The van der Waals surface area contributed by atoms with Crippen molar-refractivity contribution in [3.05, 3.63) is 0 Å². The van der Waals surface area contributed by atoms with Gasteiger partial charge in [0, 0.05) is 0 Å². The Morgan fingerprint density at radius 2 is 2.12 bits per heavy atom. The Morgan fingerprint density at radius 3 is 2.56 bits per heavy atom. The van der Waals surface area contributed by atoms with E-state index in [9.17, 15) is 4.79 Å². The van der Waals surface area contributed by atoms with Gasteiger partial charge in [0.05, 0.1) is 23.8 Å². The van der Waals surface area contributed by atoms with Crippen LogP contribution in [0.3, 0.4) is 0 Å². The number of carbonyl (C=O) groups excluding carboxylic acids is 1. The molecule has 3 unspecified atom stereocenters. The van der Waals surface area contributed by atoms with Crippen molar-refractivity contribution in [3.63, 3.8) is 0 Å². The normalized spacial score (nSPS) is 33.1. The Kier molecular flexibility index (Phi) is 3.22. The molecule has 92 valence electrons. The second-order valence-corrected chi connectivity index (χ2v) is 5.05. The van der Waals surface area contributed by atoms with Gasteiger partial charge >= 0.3 is 0 Å². The molecule has 0 aliphatic carbocycles. The van der Waals surface area contributed by atoms with Gasteiger partial charge in [0.1, 0.15) is 0 Å². The first kappa shape index (κ1) is 11.9. The van der Waals surface area contributed by atoms with Crippen molar-refractivity contribution < 1.29 is 9.53 Å². The van der Waals surface area contributed by atoms with E-state index in [0.29, 0.717) is 18.9 Å². The Morgan fingerprint density at radius 1 is 1.44 bits per heavy atom. The fraction of sp³-hybridized carbons (Fsp3) is 0.917. The van der Waals surface area contributed by atoms with Gasteiger partial charge in [-0.3, -0.25) is 4.79 Å². The molecule has 2 rings (SSSR count). The summed E-state index contributed by atoms with van der Waals surface area (Å²) in [5, 5.41) is 3.06. The van der Waals surface area contributed by atoms with Gasteiger partial charge in [-0.05, 0) is 32.1 Å². The molecular formula is C12H22N2O2. The molecule has 0 aromatic rings. The number of hydrogen-bond donors (Lipinski definition) is 2. The highest BCUT2D eigenvalue weighted by atomic mass is 16.5. The molecule has 2 aliphatic rings. The minimum Gasteiger partial charge on any atom is -0.373 e. The first-order valence-corrected chi connectivity index (χ1v) is 6.34. The number of nitrogens with one attached hydrogen (secondary N) is 1. The summed E-state index contributed by atoms with van der Waals surface area (Å²) in [6, 6.07) is 0.187. The van der Waals surface area contributed by atoms with Crippen molar-refractivity contribution in [2.24, 2.45) is 5.73 Å². The lowest BCUT2D eigenvalue weighted by Crippen LogP contribution is -2.57. The number of ether oxygens (including phenoxy) is 1. The first-order valence-electron chi connectivity index (χ1n) is 6.34. The average Bonchev–Trinajstić information content (AvgIpc) is 2.89. The summed E-state index contributed by atoms with van der Waals surface area (Å²) in [4.78, 5) is 12.1. The number of nitrogens with two attached hydrogens (primary N) is 1. The molecule has 2 aliphatic heterocycles. The maximum Gasteiger partial charge on any atom is 0.240 e. The van der Waals surface area contributed by atoms with Gasteiger partial charge in [-0.25, -0.2) is 0 Å². The number of amides is 1. The third-order valence-electron chi connectivity index (χ3n) is 4.14. The number of hydrogen-bond acceptors (Lipinski definition) is 3. The zero-order chi connectivity index (χ0) is 11.8. The SMILES string of the molecule is CCC(N)(CC)C(=O)NC1CC2CCC1O2. The van der Waals surface area contributed by atoms with Crippen LogP contribution in [-0.4, -0.2) is 29.7 Å². The van der Waals surface area contributed by atoms with Gasteiger partial charge in [0.15, 0.2) is 0 Å². The Hall–Kier alpha value is -0.610. The quantitative estimate of drug-likeness (QED) is 0.750. The molecule has 4 heteroatoms. The van der Waals surface area contributed by atoms with Crippen LogP contribution in [0.5, 0.6) is 0 Å². The van der Waals surface area contributed by atoms with Crippen LogP contribution >= 0.6 is 0 Å². The van der Waals surface area contributed by atoms with Crippen LogP contribution in [-0.2, 0) is 9.53 Å². The van der Waals surface area contributed by atoms with Crippen LogP contribution < -0.4 is 11.1 Å². The van der Waals surface area contributed by atoms with E-state index in [4.69, 9.17) is 10.5 Å². The summed E-state index contributed by atoms with van der Waals surface area (Å²) in [7, 11) is 0. The number of fused-ring (bicyclic) bond motifs is 2. The number of carbonyl (C=O) groups is 1. The van der Waals surface area contributed by atoms with Crippen LogP contribution in [0.15, 0.2) is 0 Å². The van der Waals surface area contributed by atoms with Gasteiger partial charge < -0.3 is 15.8 Å². The minimum absolute atomic E-state index is 0.0151. The van der Waals surface area contributed by atoms with Crippen molar-refractivity contribution in [2.45, 2.75) is 69.7 Å². The van der Waals surface area contributed by atoms with Gasteiger partial charge in [0.25, 0.3) is 0 Å². The lowest BCUT2D eigenvalue weighted by Gasteiger charge is -2.29. The molecule has 4 nitrogen and oxygen atoms in total. The van der Waals surface area contributed by atoms with E-state index < -0.39 is 5.54 Å². The van der Waals surface area contributed by atoms with E-state index in [2.05, 4.69) is 5.32 Å². The second kappa shape index (κ2) is 4.34. The van der Waals surface area contributed by atoms with Crippen LogP contribution in [0.2, 0.25) is 0 Å².